The van der Waals surface area contributed by atoms with Crippen molar-refractivity contribution in [3.05, 3.63) is 161 Å². The zero-order chi connectivity index (χ0) is 38.7. The van der Waals surface area contributed by atoms with Gasteiger partial charge in [-0.2, -0.15) is 0 Å². The van der Waals surface area contributed by atoms with E-state index in [9.17, 15) is 24.6 Å². The summed E-state index contributed by atoms with van der Waals surface area (Å²) < 4.78 is 18.2. The number of carbonyl (C=O) groups is 3. The fraction of sp³-hybridized carbons (Fsp3) is 0.250. The van der Waals surface area contributed by atoms with E-state index in [1.54, 1.807) is 23.9 Å². The number of carboxylic acids is 1. The van der Waals surface area contributed by atoms with Gasteiger partial charge in [-0.1, -0.05) is 104 Å². The Morgan fingerprint density at radius 2 is 1.47 bits per heavy atom. The fourth-order valence-corrected chi connectivity index (χ4v) is 7.52. The molecule has 1 fully saturated rings. The Bertz CT molecular complexity index is 2040. The monoisotopic (exact) mass is 760 g/mol. The van der Waals surface area contributed by atoms with Crippen molar-refractivity contribution in [2.45, 2.75) is 55.9 Å². The van der Waals surface area contributed by atoms with Crippen molar-refractivity contribution in [1.29, 1.82) is 0 Å². The molecule has 11 heteroatoms. The second kappa shape index (κ2) is 18.7. The van der Waals surface area contributed by atoms with Crippen LogP contribution in [0.1, 0.15) is 57.5 Å². The first-order valence-corrected chi connectivity index (χ1v) is 19.0. The Kier molecular flexibility index (Phi) is 13.4. The summed E-state index contributed by atoms with van der Waals surface area (Å²) in [5.41, 5.74) is 6.64. The number of carboxylic acid groups (broad SMARTS) is 1. The number of hydrogen-bond donors (Lipinski definition) is 4. The fourth-order valence-electron chi connectivity index (χ4n) is 6.45. The molecule has 5 aromatic carbocycles. The second-order valence-corrected chi connectivity index (χ2v) is 14.5. The van der Waals surface area contributed by atoms with Crippen LogP contribution in [0.3, 0.4) is 0 Å². The van der Waals surface area contributed by atoms with Crippen LogP contribution >= 0.6 is 11.8 Å². The second-order valence-electron chi connectivity index (χ2n) is 13.4. The van der Waals surface area contributed by atoms with Crippen molar-refractivity contribution in [3.63, 3.8) is 0 Å². The highest BCUT2D eigenvalue weighted by atomic mass is 32.2. The summed E-state index contributed by atoms with van der Waals surface area (Å²) in [7, 11) is 1.30. The van der Waals surface area contributed by atoms with Gasteiger partial charge in [0.2, 0.25) is 0 Å². The number of benzene rings is 5. The molecule has 1 heterocycles. The Morgan fingerprint density at radius 3 is 2.15 bits per heavy atom. The molecule has 1 saturated heterocycles. The molecule has 4 N–H and O–H groups in total. The van der Waals surface area contributed by atoms with Gasteiger partial charge in [0.05, 0.1) is 31.5 Å². The Balaban J connectivity index is 1.12. The van der Waals surface area contributed by atoms with Gasteiger partial charge >= 0.3 is 18.0 Å². The third kappa shape index (κ3) is 10.4. The minimum Gasteiger partial charge on any atom is -0.478 e. The van der Waals surface area contributed by atoms with Crippen molar-refractivity contribution in [2.24, 2.45) is 5.92 Å². The number of carbonyl (C=O) groups excluding carboxylic acids is 2. The average molecular weight is 761 g/mol. The number of methoxy groups -OCH3 is 1. The van der Waals surface area contributed by atoms with Crippen LogP contribution < -0.4 is 10.6 Å². The number of esters is 1. The topological polar surface area (TPSA) is 143 Å². The van der Waals surface area contributed by atoms with Crippen molar-refractivity contribution >= 4 is 29.7 Å². The number of amides is 2. The number of thioether (sulfide) groups is 1. The SMILES string of the molecule is COC(=O)C(Cc1ccccc1)NC(=O)NCc1cccc(-c2ccc(C3OC(CSc4ccc(C(=O)O)cc4)C(C)C(c4ccc(CO)cc4)O3)cc2)c1. The molecule has 1 aliphatic rings. The lowest BCUT2D eigenvalue weighted by atomic mass is 9.91. The first-order valence-electron chi connectivity index (χ1n) is 18.0. The average Bonchev–Trinajstić information content (AvgIpc) is 3.22. The van der Waals surface area contributed by atoms with Gasteiger partial charge in [-0.15, -0.1) is 11.8 Å². The summed E-state index contributed by atoms with van der Waals surface area (Å²) in [4.78, 5) is 37.5. The van der Waals surface area contributed by atoms with Gasteiger partial charge in [-0.25, -0.2) is 14.4 Å². The first kappa shape index (κ1) is 39.2. The van der Waals surface area contributed by atoms with Crippen molar-refractivity contribution < 1.29 is 38.8 Å². The third-order valence-corrected chi connectivity index (χ3v) is 10.7. The molecular weight excluding hydrogens is 717 g/mol. The lowest BCUT2D eigenvalue weighted by molar-refractivity contribution is -0.268. The van der Waals surface area contributed by atoms with Crippen LogP contribution in [0, 0.1) is 5.92 Å². The predicted molar refractivity (Wildman–Crippen MR) is 210 cm³/mol. The zero-order valence-electron chi connectivity index (χ0n) is 30.6. The minimum atomic E-state index is -0.960. The molecule has 5 unspecified atom stereocenters. The van der Waals surface area contributed by atoms with Gasteiger partial charge in [-0.3, -0.25) is 0 Å². The molecule has 5 aromatic rings. The Labute approximate surface area is 324 Å². The standard InChI is InChI=1S/C44H44N2O8S/c1-28-39(27-55-37-21-19-34(20-22-37)41(48)49)53-43(54-40(28)33-13-11-30(26-47)12-14-33)35-17-15-32(16-18-35)36-10-6-9-31(23-36)25-45-44(51)46-38(42(50)52-2)24-29-7-4-3-5-8-29/h3-23,28,38-40,43,47H,24-27H2,1-2H3,(H,48,49)(H2,45,46,51). The number of hydrogen-bond acceptors (Lipinski definition) is 8. The van der Waals surface area contributed by atoms with Crippen LogP contribution in [-0.2, 0) is 38.6 Å². The van der Waals surface area contributed by atoms with Crippen molar-refractivity contribution in [2.75, 3.05) is 12.9 Å². The number of ether oxygens (including phenoxy) is 3. The Hall–Kier alpha value is -5.46. The van der Waals surface area contributed by atoms with Crippen molar-refractivity contribution in [3.8, 4) is 11.1 Å². The van der Waals surface area contributed by atoms with E-state index in [1.807, 2.05) is 115 Å². The summed E-state index contributed by atoms with van der Waals surface area (Å²) in [6.07, 6.45) is -0.788. The highest BCUT2D eigenvalue weighted by Gasteiger charge is 2.38. The summed E-state index contributed by atoms with van der Waals surface area (Å²) in [5, 5.41) is 24.5. The normalized spacial score (nSPS) is 18.5. The van der Waals surface area contributed by atoms with Gasteiger partial charge < -0.3 is 35.1 Å². The predicted octanol–water partition coefficient (Wildman–Crippen LogP) is 7.71. The lowest BCUT2D eigenvalue weighted by Crippen LogP contribution is -2.47. The third-order valence-electron chi connectivity index (χ3n) is 9.61. The smallest absolute Gasteiger partial charge is 0.335 e. The molecule has 10 nitrogen and oxygen atoms in total. The molecule has 5 atom stereocenters. The molecule has 0 spiro atoms. The van der Waals surface area contributed by atoms with Crippen LogP contribution in [0.4, 0.5) is 4.79 Å². The number of nitrogens with one attached hydrogen (secondary N) is 2. The largest absolute Gasteiger partial charge is 0.478 e. The van der Waals surface area contributed by atoms with E-state index in [0.29, 0.717) is 12.2 Å². The minimum absolute atomic E-state index is 0.00469. The molecule has 284 valence electrons. The summed E-state index contributed by atoms with van der Waals surface area (Å²) in [6, 6.07) is 38.6. The van der Waals surface area contributed by atoms with Crippen LogP contribution in [0.5, 0.6) is 0 Å². The molecule has 55 heavy (non-hydrogen) atoms. The molecule has 0 saturated carbocycles. The molecule has 0 bridgehead atoms. The summed E-state index contributed by atoms with van der Waals surface area (Å²) in [6.45, 7) is 2.32. The highest BCUT2D eigenvalue weighted by Crippen LogP contribution is 2.43. The maximum atomic E-state index is 12.8. The molecule has 0 radical (unpaired) electrons. The van der Waals surface area contributed by atoms with Crippen LogP contribution in [0.15, 0.2) is 132 Å². The molecule has 1 aliphatic heterocycles. The van der Waals surface area contributed by atoms with Crippen LogP contribution in [-0.4, -0.2) is 53.2 Å². The number of aliphatic hydroxyl groups excluding tert-OH is 1. The van der Waals surface area contributed by atoms with E-state index in [0.717, 1.165) is 43.8 Å². The summed E-state index contributed by atoms with van der Waals surface area (Å²) in [5.74, 6) is -0.853. The maximum Gasteiger partial charge on any atom is 0.335 e. The number of aromatic carboxylic acids is 1. The maximum absolute atomic E-state index is 12.8. The summed E-state index contributed by atoms with van der Waals surface area (Å²) >= 11 is 1.61. The molecular formula is C44H44N2O8S. The molecule has 0 aromatic heterocycles. The van der Waals surface area contributed by atoms with E-state index in [2.05, 4.69) is 17.6 Å². The number of rotatable bonds is 14. The number of urea groups is 1. The van der Waals surface area contributed by atoms with Gasteiger partial charge in [0.15, 0.2) is 6.29 Å². The Morgan fingerprint density at radius 1 is 0.782 bits per heavy atom. The number of aliphatic hydroxyl groups is 1. The van der Waals surface area contributed by atoms with Gasteiger partial charge in [-0.05, 0) is 63.7 Å². The quantitative estimate of drug-likeness (QED) is 0.0661. The lowest BCUT2D eigenvalue weighted by Gasteiger charge is -2.41. The zero-order valence-corrected chi connectivity index (χ0v) is 31.4. The van der Waals surface area contributed by atoms with Gasteiger partial charge in [0.25, 0.3) is 0 Å². The molecule has 2 amide bonds. The molecule has 0 aliphatic carbocycles. The van der Waals surface area contributed by atoms with E-state index >= 15 is 0 Å². The van der Waals surface area contributed by atoms with Gasteiger partial charge in [0.1, 0.15) is 6.04 Å². The highest BCUT2D eigenvalue weighted by molar-refractivity contribution is 7.99. The van der Waals surface area contributed by atoms with E-state index in [-0.39, 0.29) is 36.8 Å². The van der Waals surface area contributed by atoms with Gasteiger partial charge in [0, 0.05) is 35.1 Å². The molecule has 6 rings (SSSR count). The van der Waals surface area contributed by atoms with Crippen LogP contribution in [0.2, 0.25) is 0 Å². The van der Waals surface area contributed by atoms with E-state index in [4.69, 9.17) is 14.2 Å². The van der Waals surface area contributed by atoms with E-state index < -0.39 is 30.3 Å². The van der Waals surface area contributed by atoms with E-state index in [1.165, 1.54) is 7.11 Å². The van der Waals surface area contributed by atoms with Crippen molar-refractivity contribution in [1.82, 2.24) is 10.6 Å². The van der Waals surface area contributed by atoms with Crippen LogP contribution in [0.25, 0.3) is 11.1 Å². The first-order chi connectivity index (χ1) is 26.7.